The molecule has 2 N–H and O–H groups in total. The number of rotatable bonds is 5. The molecule has 0 radical (unpaired) electrons. The molecule has 5 nitrogen and oxygen atoms in total. The second-order valence-electron chi connectivity index (χ2n) is 7.78. The second-order valence-corrected chi connectivity index (χ2v) is 7.78. The van der Waals surface area contributed by atoms with E-state index in [1.807, 2.05) is 24.3 Å². The van der Waals surface area contributed by atoms with Crippen molar-refractivity contribution in [1.29, 1.82) is 0 Å². The van der Waals surface area contributed by atoms with Crippen molar-refractivity contribution >= 4 is 11.8 Å². The predicted molar refractivity (Wildman–Crippen MR) is 112 cm³/mol. The van der Waals surface area contributed by atoms with E-state index in [0.717, 1.165) is 37.0 Å². The van der Waals surface area contributed by atoms with Gasteiger partial charge in [0.1, 0.15) is 5.75 Å². The van der Waals surface area contributed by atoms with Crippen LogP contribution in [0.3, 0.4) is 0 Å². The molecule has 1 saturated carbocycles. The van der Waals surface area contributed by atoms with Gasteiger partial charge in [-0.05, 0) is 37.0 Å². The zero-order valence-electron chi connectivity index (χ0n) is 17.3. The normalized spacial score (nSPS) is 17.0. The Labute approximate surface area is 169 Å². The van der Waals surface area contributed by atoms with E-state index in [-0.39, 0.29) is 6.04 Å². The number of hydrogen-bond acceptors (Lipinski definition) is 3. The molecular weight excluding hydrogens is 352 g/mol. The highest BCUT2D eigenvalue weighted by Gasteiger charge is 2.18. The molecule has 5 heteroatoms. The van der Waals surface area contributed by atoms with Crippen LogP contribution in [0, 0.1) is 0 Å². The molecule has 2 rings (SSSR count). The molecule has 0 atom stereocenters. The van der Waals surface area contributed by atoms with Crippen molar-refractivity contribution in [2.24, 2.45) is 0 Å². The lowest BCUT2D eigenvalue weighted by molar-refractivity contribution is -0.139. The number of amides is 2. The summed E-state index contributed by atoms with van der Waals surface area (Å²) in [4.78, 5) is 24.4. The summed E-state index contributed by atoms with van der Waals surface area (Å²) >= 11 is 0. The maximum Gasteiger partial charge on any atom is 0.309 e. The van der Waals surface area contributed by atoms with Crippen LogP contribution in [0.1, 0.15) is 76.2 Å². The van der Waals surface area contributed by atoms with Gasteiger partial charge in [0.25, 0.3) is 0 Å². The fourth-order valence-electron chi connectivity index (χ4n) is 3.75. The van der Waals surface area contributed by atoms with Crippen LogP contribution in [-0.4, -0.2) is 31.5 Å². The quantitative estimate of drug-likeness (QED) is 0.745. The SMILES string of the molecule is COc1ccc(CCNC(=O)C(=O)NC2CCCCCCCCCCC2)cc1. The van der Waals surface area contributed by atoms with Crippen molar-refractivity contribution in [1.82, 2.24) is 10.6 Å². The Kier molecular flexibility index (Phi) is 10.5. The first-order chi connectivity index (χ1) is 13.7. The summed E-state index contributed by atoms with van der Waals surface area (Å²) in [7, 11) is 1.64. The van der Waals surface area contributed by atoms with Gasteiger partial charge in [-0.3, -0.25) is 9.59 Å². The van der Waals surface area contributed by atoms with E-state index in [2.05, 4.69) is 10.6 Å². The predicted octanol–water partition coefficient (Wildman–Crippen LogP) is 4.14. The van der Waals surface area contributed by atoms with Crippen LogP contribution in [0.4, 0.5) is 0 Å². The van der Waals surface area contributed by atoms with Crippen molar-refractivity contribution in [3.63, 3.8) is 0 Å². The highest BCUT2D eigenvalue weighted by molar-refractivity contribution is 6.35. The van der Waals surface area contributed by atoms with Gasteiger partial charge in [-0.1, -0.05) is 69.9 Å². The van der Waals surface area contributed by atoms with E-state index in [1.165, 1.54) is 44.9 Å². The highest BCUT2D eigenvalue weighted by Crippen LogP contribution is 2.17. The van der Waals surface area contributed by atoms with E-state index in [9.17, 15) is 9.59 Å². The zero-order chi connectivity index (χ0) is 20.0. The van der Waals surface area contributed by atoms with Gasteiger partial charge in [0.05, 0.1) is 7.11 Å². The van der Waals surface area contributed by atoms with Crippen LogP contribution in [0.25, 0.3) is 0 Å². The molecule has 0 aliphatic heterocycles. The van der Waals surface area contributed by atoms with Crippen molar-refractivity contribution in [3.05, 3.63) is 29.8 Å². The summed E-state index contributed by atoms with van der Waals surface area (Å²) in [5.74, 6) is -0.212. The van der Waals surface area contributed by atoms with Crippen LogP contribution < -0.4 is 15.4 Å². The molecule has 1 aliphatic carbocycles. The fraction of sp³-hybridized carbons (Fsp3) is 0.652. The first-order valence-electron chi connectivity index (χ1n) is 10.9. The number of methoxy groups -OCH3 is 1. The first kappa shape index (κ1) is 22.3. The van der Waals surface area contributed by atoms with Gasteiger partial charge in [0, 0.05) is 12.6 Å². The largest absolute Gasteiger partial charge is 0.497 e. The van der Waals surface area contributed by atoms with Crippen LogP contribution in [0.15, 0.2) is 24.3 Å². The van der Waals surface area contributed by atoms with Crippen LogP contribution in [0.2, 0.25) is 0 Å². The number of ether oxygens (including phenoxy) is 1. The van der Waals surface area contributed by atoms with Crippen molar-refractivity contribution in [3.8, 4) is 5.75 Å². The molecule has 0 bridgehead atoms. The smallest absolute Gasteiger partial charge is 0.309 e. The second kappa shape index (κ2) is 13.2. The summed E-state index contributed by atoms with van der Waals surface area (Å²) in [5.41, 5.74) is 1.10. The maximum atomic E-state index is 12.3. The molecule has 156 valence electrons. The highest BCUT2D eigenvalue weighted by atomic mass is 16.5. The lowest BCUT2D eigenvalue weighted by Crippen LogP contribution is -2.45. The Hall–Kier alpha value is -2.04. The molecule has 0 heterocycles. The topological polar surface area (TPSA) is 67.4 Å². The molecule has 0 spiro atoms. The molecule has 1 aliphatic rings. The Balaban J connectivity index is 1.71. The van der Waals surface area contributed by atoms with Gasteiger partial charge in [0.15, 0.2) is 0 Å². The van der Waals surface area contributed by atoms with Crippen molar-refractivity contribution < 1.29 is 14.3 Å². The molecule has 1 aromatic rings. The van der Waals surface area contributed by atoms with E-state index < -0.39 is 11.8 Å². The minimum Gasteiger partial charge on any atom is -0.497 e. The maximum absolute atomic E-state index is 12.3. The number of benzene rings is 1. The van der Waals surface area contributed by atoms with Crippen LogP contribution in [0.5, 0.6) is 5.75 Å². The summed E-state index contributed by atoms with van der Waals surface area (Å²) in [6.07, 6.45) is 13.9. The minimum absolute atomic E-state index is 0.124. The number of nitrogens with one attached hydrogen (secondary N) is 2. The summed E-state index contributed by atoms with van der Waals surface area (Å²) in [6.45, 7) is 0.448. The Morgan fingerprint density at radius 1 is 0.857 bits per heavy atom. The molecule has 2 amide bonds. The van der Waals surface area contributed by atoms with Gasteiger partial charge in [0.2, 0.25) is 0 Å². The lowest BCUT2D eigenvalue weighted by atomic mass is 9.98. The first-order valence-corrected chi connectivity index (χ1v) is 10.9. The Morgan fingerprint density at radius 2 is 1.39 bits per heavy atom. The number of carbonyl (C=O) groups is 2. The monoisotopic (exact) mass is 388 g/mol. The fourth-order valence-corrected chi connectivity index (χ4v) is 3.75. The van der Waals surface area contributed by atoms with Crippen molar-refractivity contribution in [2.75, 3.05) is 13.7 Å². The van der Waals surface area contributed by atoms with Gasteiger partial charge >= 0.3 is 11.8 Å². The van der Waals surface area contributed by atoms with Crippen LogP contribution >= 0.6 is 0 Å². The number of carbonyl (C=O) groups excluding carboxylic acids is 2. The summed E-state index contributed by atoms with van der Waals surface area (Å²) in [5, 5.41) is 5.70. The Bertz CT molecular complexity index is 574. The van der Waals surface area contributed by atoms with Gasteiger partial charge in [-0.15, -0.1) is 0 Å². The number of hydrogen-bond donors (Lipinski definition) is 2. The van der Waals surface area contributed by atoms with E-state index in [0.29, 0.717) is 13.0 Å². The van der Waals surface area contributed by atoms with Crippen LogP contribution in [-0.2, 0) is 16.0 Å². The molecule has 1 aromatic carbocycles. The van der Waals surface area contributed by atoms with Gasteiger partial charge < -0.3 is 15.4 Å². The zero-order valence-corrected chi connectivity index (χ0v) is 17.3. The lowest BCUT2D eigenvalue weighted by Gasteiger charge is -2.19. The molecule has 0 unspecified atom stereocenters. The third-order valence-electron chi connectivity index (χ3n) is 5.50. The third kappa shape index (κ3) is 8.77. The molecule has 1 fully saturated rings. The van der Waals surface area contributed by atoms with E-state index in [4.69, 9.17) is 4.74 Å². The average Bonchev–Trinajstić information content (AvgIpc) is 2.70. The third-order valence-corrected chi connectivity index (χ3v) is 5.50. The van der Waals surface area contributed by atoms with Gasteiger partial charge in [-0.2, -0.15) is 0 Å². The standard InChI is InChI=1S/C23H36N2O3/c1-28-21-15-13-19(14-16-21)17-18-24-22(26)23(27)25-20-11-9-7-5-3-2-4-6-8-10-12-20/h13-16,20H,2-12,17-18H2,1H3,(H,24,26)(H,25,27). The molecular formula is C23H36N2O3. The summed E-state index contributed by atoms with van der Waals surface area (Å²) < 4.78 is 5.14. The van der Waals surface area contributed by atoms with E-state index >= 15 is 0 Å². The Morgan fingerprint density at radius 3 is 1.93 bits per heavy atom. The van der Waals surface area contributed by atoms with E-state index in [1.54, 1.807) is 7.11 Å². The minimum atomic E-state index is -0.528. The van der Waals surface area contributed by atoms with Gasteiger partial charge in [-0.25, -0.2) is 0 Å². The molecule has 28 heavy (non-hydrogen) atoms. The average molecular weight is 389 g/mol. The summed E-state index contributed by atoms with van der Waals surface area (Å²) in [6, 6.07) is 7.85. The molecule has 0 saturated heterocycles. The van der Waals surface area contributed by atoms with Crippen molar-refractivity contribution in [2.45, 2.75) is 83.1 Å². The molecule has 0 aromatic heterocycles.